The molecule has 8 nitrogen and oxygen atoms in total. The first kappa shape index (κ1) is 23.0. The second-order valence-corrected chi connectivity index (χ2v) is 8.33. The molecule has 0 unspecified atom stereocenters. The number of ether oxygens (including phenoxy) is 2. The van der Waals surface area contributed by atoms with Crippen LogP contribution in [0.3, 0.4) is 0 Å². The van der Waals surface area contributed by atoms with E-state index in [1.54, 1.807) is 4.90 Å². The first-order chi connectivity index (χ1) is 14.9. The van der Waals surface area contributed by atoms with Gasteiger partial charge in [-0.2, -0.15) is 5.26 Å². The van der Waals surface area contributed by atoms with Crippen LogP contribution in [0, 0.1) is 11.3 Å². The van der Waals surface area contributed by atoms with Gasteiger partial charge in [-0.25, -0.2) is 4.79 Å². The first-order valence-corrected chi connectivity index (χ1v) is 11.0. The SMILES string of the molecule is CCc1ccc(C[C@H](OC(=O)N2CCOCC2)C(=O)NC2(C#N)CCN(C)CC2)cc1. The van der Waals surface area contributed by atoms with E-state index >= 15 is 0 Å². The Morgan fingerprint density at radius 3 is 2.35 bits per heavy atom. The summed E-state index contributed by atoms with van der Waals surface area (Å²) < 4.78 is 11.0. The van der Waals surface area contributed by atoms with Gasteiger partial charge in [-0.1, -0.05) is 31.2 Å². The van der Waals surface area contributed by atoms with Gasteiger partial charge in [0.15, 0.2) is 6.10 Å². The minimum absolute atomic E-state index is 0.257. The normalized spacial score (nSPS) is 19.8. The van der Waals surface area contributed by atoms with E-state index in [2.05, 4.69) is 23.2 Å². The molecule has 0 radical (unpaired) electrons. The number of likely N-dealkylation sites (tertiary alicyclic amines) is 1. The van der Waals surface area contributed by atoms with E-state index in [4.69, 9.17) is 9.47 Å². The predicted molar refractivity (Wildman–Crippen MR) is 115 cm³/mol. The molecule has 1 aromatic carbocycles. The molecule has 2 fully saturated rings. The Morgan fingerprint density at radius 2 is 1.77 bits per heavy atom. The summed E-state index contributed by atoms with van der Waals surface area (Å²) in [5, 5.41) is 12.7. The summed E-state index contributed by atoms with van der Waals surface area (Å²) in [5.74, 6) is -0.424. The maximum absolute atomic E-state index is 13.2. The molecule has 0 aliphatic carbocycles. The topological polar surface area (TPSA) is 94.9 Å². The number of rotatable bonds is 6. The summed E-state index contributed by atoms with van der Waals surface area (Å²) in [7, 11) is 2.00. The molecule has 0 aromatic heterocycles. The van der Waals surface area contributed by atoms with E-state index in [1.165, 1.54) is 5.56 Å². The van der Waals surface area contributed by atoms with Crippen molar-refractivity contribution in [3.63, 3.8) is 0 Å². The van der Waals surface area contributed by atoms with Gasteiger partial charge in [-0.3, -0.25) is 4.79 Å². The van der Waals surface area contributed by atoms with Gasteiger partial charge in [0.1, 0.15) is 5.54 Å². The van der Waals surface area contributed by atoms with Crippen molar-refractivity contribution in [1.82, 2.24) is 15.1 Å². The lowest BCUT2D eigenvalue weighted by molar-refractivity contribution is -0.132. The van der Waals surface area contributed by atoms with Gasteiger partial charge < -0.3 is 24.6 Å². The molecule has 2 aliphatic rings. The van der Waals surface area contributed by atoms with E-state index in [0.717, 1.165) is 25.1 Å². The molecule has 2 heterocycles. The number of nitrogens with one attached hydrogen (secondary N) is 1. The molecule has 3 rings (SSSR count). The molecule has 1 atom stereocenters. The average Bonchev–Trinajstić information content (AvgIpc) is 2.81. The zero-order valence-corrected chi connectivity index (χ0v) is 18.4. The summed E-state index contributed by atoms with van der Waals surface area (Å²) in [6, 6.07) is 10.2. The third kappa shape index (κ3) is 6.18. The number of nitriles is 1. The third-order valence-electron chi connectivity index (χ3n) is 6.07. The highest BCUT2D eigenvalue weighted by Gasteiger charge is 2.38. The van der Waals surface area contributed by atoms with Gasteiger partial charge in [-0.15, -0.1) is 0 Å². The van der Waals surface area contributed by atoms with Gasteiger partial charge in [-0.05, 0) is 37.4 Å². The molecule has 168 valence electrons. The maximum Gasteiger partial charge on any atom is 0.410 e. The molecule has 2 amide bonds. The Labute approximate surface area is 184 Å². The lowest BCUT2D eigenvalue weighted by Crippen LogP contribution is -2.57. The van der Waals surface area contributed by atoms with Crippen LogP contribution >= 0.6 is 0 Å². The van der Waals surface area contributed by atoms with E-state index in [-0.39, 0.29) is 6.42 Å². The minimum atomic E-state index is -1.01. The molecule has 2 aliphatic heterocycles. The van der Waals surface area contributed by atoms with Gasteiger partial charge in [0.05, 0.1) is 19.3 Å². The van der Waals surface area contributed by atoms with E-state index in [9.17, 15) is 14.9 Å². The molecule has 1 aromatic rings. The highest BCUT2D eigenvalue weighted by molar-refractivity contribution is 5.84. The Hall–Kier alpha value is -2.63. The van der Waals surface area contributed by atoms with Crippen molar-refractivity contribution in [3.05, 3.63) is 35.4 Å². The Kier molecular flexibility index (Phi) is 7.88. The second-order valence-electron chi connectivity index (χ2n) is 8.33. The Bertz CT molecular complexity index is 791. The van der Waals surface area contributed by atoms with Crippen LogP contribution in [0.4, 0.5) is 4.79 Å². The average molecular weight is 429 g/mol. The number of benzene rings is 1. The Morgan fingerprint density at radius 1 is 1.16 bits per heavy atom. The van der Waals surface area contributed by atoms with Crippen molar-refractivity contribution in [2.75, 3.05) is 46.4 Å². The number of hydrogen-bond donors (Lipinski definition) is 1. The predicted octanol–water partition coefficient (Wildman–Crippen LogP) is 1.73. The van der Waals surface area contributed by atoms with E-state index in [0.29, 0.717) is 39.1 Å². The molecule has 0 bridgehead atoms. The summed E-state index contributed by atoms with van der Waals surface area (Å²) in [6.07, 6.45) is 0.737. The zero-order valence-electron chi connectivity index (χ0n) is 18.4. The summed E-state index contributed by atoms with van der Waals surface area (Å²) in [5.41, 5.74) is 1.17. The number of aryl methyl sites for hydroxylation is 1. The fourth-order valence-corrected chi connectivity index (χ4v) is 3.84. The van der Waals surface area contributed by atoms with Crippen LogP contribution in [0.1, 0.15) is 30.9 Å². The number of morpholine rings is 1. The zero-order chi connectivity index (χ0) is 22.3. The number of carbonyl (C=O) groups excluding carboxylic acids is 2. The summed E-state index contributed by atoms with van der Waals surface area (Å²) >= 11 is 0. The van der Waals surface area contributed by atoms with Gasteiger partial charge >= 0.3 is 6.09 Å². The van der Waals surface area contributed by atoms with Crippen LogP contribution in [-0.2, 0) is 27.1 Å². The smallest absolute Gasteiger partial charge is 0.410 e. The van der Waals surface area contributed by atoms with Crippen LogP contribution < -0.4 is 5.32 Å². The van der Waals surface area contributed by atoms with E-state index < -0.39 is 23.6 Å². The van der Waals surface area contributed by atoms with Crippen LogP contribution in [-0.4, -0.2) is 79.9 Å². The molecule has 0 saturated carbocycles. The van der Waals surface area contributed by atoms with Crippen molar-refractivity contribution in [3.8, 4) is 6.07 Å². The molecule has 0 spiro atoms. The van der Waals surface area contributed by atoms with Gasteiger partial charge in [0.2, 0.25) is 0 Å². The maximum atomic E-state index is 13.2. The van der Waals surface area contributed by atoms with Crippen LogP contribution in [0.2, 0.25) is 0 Å². The number of carbonyl (C=O) groups is 2. The number of amides is 2. The lowest BCUT2D eigenvalue weighted by atomic mass is 9.88. The standard InChI is InChI=1S/C23H32N4O4/c1-3-18-4-6-19(7-5-18)16-20(31-22(29)27-12-14-30-15-13-27)21(28)25-23(17-24)8-10-26(2)11-9-23/h4-7,20H,3,8-16H2,1-2H3,(H,25,28)/t20-/m0/s1. The summed E-state index contributed by atoms with van der Waals surface area (Å²) in [6.45, 7) is 5.32. The molecule has 2 saturated heterocycles. The lowest BCUT2D eigenvalue weighted by Gasteiger charge is -2.37. The molecule has 8 heteroatoms. The van der Waals surface area contributed by atoms with Gasteiger partial charge in [0, 0.05) is 32.6 Å². The molecular formula is C23H32N4O4. The number of hydrogen-bond acceptors (Lipinski definition) is 6. The van der Waals surface area contributed by atoms with Crippen molar-refractivity contribution < 1.29 is 19.1 Å². The Balaban J connectivity index is 1.73. The van der Waals surface area contributed by atoms with Crippen molar-refractivity contribution in [2.45, 2.75) is 44.2 Å². The monoisotopic (exact) mass is 428 g/mol. The van der Waals surface area contributed by atoms with Crippen LogP contribution in [0.25, 0.3) is 0 Å². The van der Waals surface area contributed by atoms with Gasteiger partial charge in [0.25, 0.3) is 5.91 Å². The highest BCUT2D eigenvalue weighted by atomic mass is 16.6. The number of piperidine rings is 1. The first-order valence-electron chi connectivity index (χ1n) is 11.0. The fourth-order valence-electron chi connectivity index (χ4n) is 3.84. The highest BCUT2D eigenvalue weighted by Crippen LogP contribution is 2.22. The fraction of sp³-hybridized carbons (Fsp3) is 0.609. The summed E-state index contributed by atoms with van der Waals surface area (Å²) in [4.78, 5) is 29.6. The van der Waals surface area contributed by atoms with Crippen molar-refractivity contribution in [2.24, 2.45) is 0 Å². The van der Waals surface area contributed by atoms with Crippen LogP contribution in [0.5, 0.6) is 0 Å². The molecule has 31 heavy (non-hydrogen) atoms. The number of nitrogens with zero attached hydrogens (tertiary/aromatic N) is 3. The van der Waals surface area contributed by atoms with Crippen molar-refractivity contribution in [1.29, 1.82) is 5.26 Å². The quantitative estimate of drug-likeness (QED) is 0.742. The second kappa shape index (κ2) is 10.6. The molecule has 1 N–H and O–H groups in total. The largest absolute Gasteiger partial charge is 0.436 e. The van der Waals surface area contributed by atoms with Crippen LogP contribution in [0.15, 0.2) is 24.3 Å². The molecular weight excluding hydrogens is 396 g/mol. The van der Waals surface area contributed by atoms with E-state index in [1.807, 2.05) is 31.3 Å². The minimum Gasteiger partial charge on any atom is -0.436 e. The van der Waals surface area contributed by atoms with Crippen molar-refractivity contribution >= 4 is 12.0 Å². The third-order valence-corrected chi connectivity index (χ3v) is 6.07.